The molecule has 1 heterocycles. The van der Waals surface area contributed by atoms with Gasteiger partial charge in [-0.05, 0) is 38.7 Å². The fourth-order valence-electron chi connectivity index (χ4n) is 2.04. The molecule has 0 bridgehead atoms. The molecule has 0 spiro atoms. The second kappa shape index (κ2) is 5.68. The van der Waals surface area contributed by atoms with E-state index in [1.54, 1.807) is 25.1 Å². The Hall–Kier alpha value is -1.79. The summed E-state index contributed by atoms with van der Waals surface area (Å²) in [5.74, 6) is 0.314. The van der Waals surface area contributed by atoms with Gasteiger partial charge in [0, 0.05) is 13.1 Å². The Bertz CT molecular complexity index is 504. The van der Waals surface area contributed by atoms with E-state index in [2.05, 4.69) is 5.32 Å². The molecule has 6 nitrogen and oxygen atoms in total. The number of carboxylic acid groups (broad SMARTS) is 1. The van der Waals surface area contributed by atoms with Crippen LogP contribution in [0.5, 0.6) is 11.5 Å². The summed E-state index contributed by atoms with van der Waals surface area (Å²) in [6.45, 7) is 3.16. The molecule has 0 radical (unpaired) electrons. The zero-order valence-corrected chi connectivity index (χ0v) is 12.0. The minimum Gasteiger partial charge on any atom is -0.480 e. The molecule has 1 unspecified atom stereocenters. The maximum absolute atomic E-state index is 11.6. The molecule has 0 aromatic heterocycles. The van der Waals surface area contributed by atoms with Crippen molar-refractivity contribution in [2.45, 2.75) is 12.5 Å². The lowest BCUT2D eigenvalue weighted by Gasteiger charge is -2.27. The summed E-state index contributed by atoms with van der Waals surface area (Å²) in [4.78, 5) is 13.6. The third-order valence-corrected chi connectivity index (χ3v) is 3.42. The number of carboxylic acids is 1. The fraction of sp³-hybridized carbons (Fsp3) is 0.500. The van der Waals surface area contributed by atoms with Gasteiger partial charge in [-0.2, -0.15) is 0 Å². The van der Waals surface area contributed by atoms with E-state index in [9.17, 15) is 9.90 Å². The second-order valence-corrected chi connectivity index (χ2v) is 5.23. The normalized spacial score (nSPS) is 16.2. The molecule has 6 heteroatoms. The minimum absolute atomic E-state index is 0.177. The minimum atomic E-state index is -1.16. The first-order valence-electron chi connectivity index (χ1n) is 6.47. The highest BCUT2D eigenvalue weighted by Gasteiger charge is 2.35. The Kier molecular flexibility index (Phi) is 4.15. The molecule has 2 rings (SSSR count). The molecule has 1 aliphatic rings. The number of fused-ring (bicyclic) bond motifs is 1. The standard InChI is InChI=1S/C14H20N2O4/c1-14(13(17)18,15-6-7-16(2)3)10-4-5-11-12(8-10)20-9-19-11/h4-5,8,15H,6-7,9H2,1-3H3,(H,17,18). The van der Waals surface area contributed by atoms with Crippen LogP contribution in [0.25, 0.3) is 0 Å². The second-order valence-electron chi connectivity index (χ2n) is 5.23. The van der Waals surface area contributed by atoms with E-state index in [1.807, 2.05) is 19.0 Å². The number of nitrogens with one attached hydrogen (secondary N) is 1. The van der Waals surface area contributed by atoms with Crippen LogP contribution in [-0.2, 0) is 10.3 Å². The number of nitrogens with zero attached hydrogens (tertiary/aromatic N) is 1. The number of carbonyl (C=O) groups is 1. The van der Waals surface area contributed by atoms with Crippen molar-refractivity contribution in [3.63, 3.8) is 0 Å². The molecule has 0 amide bonds. The van der Waals surface area contributed by atoms with Crippen LogP contribution in [0.15, 0.2) is 18.2 Å². The van der Waals surface area contributed by atoms with Crippen molar-refractivity contribution in [3.8, 4) is 11.5 Å². The largest absolute Gasteiger partial charge is 0.480 e. The van der Waals surface area contributed by atoms with Gasteiger partial charge in [0.15, 0.2) is 11.5 Å². The predicted octanol–water partition coefficient (Wildman–Crippen LogP) is 0.866. The van der Waals surface area contributed by atoms with Gasteiger partial charge >= 0.3 is 5.97 Å². The van der Waals surface area contributed by atoms with Crippen molar-refractivity contribution in [1.82, 2.24) is 10.2 Å². The van der Waals surface area contributed by atoms with E-state index < -0.39 is 11.5 Å². The van der Waals surface area contributed by atoms with Crippen molar-refractivity contribution in [1.29, 1.82) is 0 Å². The molecule has 0 saturated carbocycles. The number of hydrogen-bond acceptors (Lipinski definition) is 5. The Morgan fingerprint density at radius 1 is 1.40 bits per heavy atom. The molecule has 0 fully saturated rings. The van der Waals surface area contributed by atoms with Gasteiger partial charge in [-0.25, -0.2) is 4.79 Å². The van der Waals surface area contributed by atoms with Gasteiger partial charge in [0.1, 0.15) is 5.54 Å². The lowest BCUT2D eigenvalue weighted by atomic mass is 9.91. The fourth-order valence-corrected chi connectivity index (χ4v) is 2.04. The zero-order valence-electron chi connectivity index (χ0n) is 12.0. The number of likely N-dealkylation sites (N-methyl/N-ethyl adjacent to an activating group) is 1. The molecule has 0 saturated heterocycles. The van der Waals surface area contributed by atoms with Crippen molar-refractivity contribution in [3.05, 3.63) is 23.8 Å². The van der Waals surface area contributed by atoms with Gasteiger partial charge in [0.25, 0.3) is 0 Å². The highest BCUT2D eigenvalue weighted by atomic mass is 16.7. The van der Waals surface area contributed by atoms with E-state index in [0.29, 0.717) is 23.6 Å². The first kappa shape index (κ1) is 14.6. The van der Waals surface area contributed by atoms with Crippen LogP contribution < -0.4 is 14.8 Å². The number of benzene rings is 1. The van der Waals surface area contributed by atoms with Crippen LogP contribution in [0.2, 0.25) is 0 Å². The van der Waals surface area contributed by atoms with Gasteiger partial charge in [-0.3, -0.25) is 5.32 Å². The molecule has 0 aliphatic carbocycles. The molecule has 1 atom stereocenters. The van der Waals surface area contributed by atoms with E-state index in [1.165, 1.54) is 0 Å². The van der Waals surface area contributed by atoms with Gasteiger partial charge in [-0.15, -0.1) is 0 Å². The highest BCUT2D eigenvalue weighted by molar-refractivity contribution is 5.80. The first-order chi connectivity index (χ1) is 9.43. The maximum atomic E-state index is 11.6. The van der Waals surface area contributed by atoms with Crippen molar-refractivity contribution in [2.75, 3.05) is 34.0 Å². The monoisotopic (exact) mass is 280 g/mol. The summed E-state index contributed by atoms with van der Waals surface area (Å²) in [5, 5.41) is 12.6. The highest BCUT2D eigenvalue weighted by Crippen LogP contribution is 2.35. The smallest absolute Gasteiger partial charge is 0.328 e. The summed E-state index contributed by atoms with van der Waals surface area (Å²) < 4.78 is 10.5. The van der Waals surface area contributed by atoms with Gasteiger partial charge in [0.2, 0.25) is 6.79 Å². The SMILES string of the molecule is CN(C)CCNC(C)(C(=O)O)c1ccc2c(c1)OCO2. The lowest BCUT2D eigenvalue weighted by molar-refractivity contribution is -0.144. The Morgan fingerprint density at radius 3 is 2.75 bits per heavy atom. The average Bonchev–Trinajstić information content (AvgIpc) is 2.84. The molecular formula is C14H20N2O4. The Balaban J connectivity index is 2.21. The molecule has 1 aromatic rings. The van der Waals surface area contributed by atoms with Crippen molar-refractivity contribution in [2.24, 2.45) is 0 Å². The van der Waals surface area contributed by atoms with Crippen molar-refractivity contribution < 1.29 is 19.4 Å². The van der Waals surface area contributed by atoms with Crippen LogP contribution in [0, 0.1) is 0 Å². The molecular weight excluding hydrogens is 260 g/mol. The Morgan fingerprint density at radius 2 is 2.10 bits per heavy atom. The quantitative estimate of drug-likeness (QED) is 0.805. The Labute approximate surface area is 118 Å². The van der Waals surface area contributed by atoms with Crippen LogP contribution in [-0.4, -0.2) is 50.0 Å². The van der Waals surface area contributed by atoms with E-state index >= 15 is 0 Å². The number of ether oxygens (including phenoxy) is 2. The molecule has 20 heavy (non-hydrogen) atoms. The van der Waals surface area contributed by atoms with Crippen LogP contribution in [0.4, 0.5) is 0 Å². The number of hydrogen-bond donors (Lipinski definition) is 2. The lowest BCUT2D eigenvalue weighted by Crippen LogP contribution is -2.48. The summed E-state index contributed by atoms with van der Waals surface area (Å²) in [5.41, 5.74) is -0.509. The molecule has 110 valence electrons. The van der Waals surface area contributed by atoms with Crippen LogP contribution in [0.1, 0.15) is 12.5 Å². The summed E-state index contributed by atoms with van der Waals surface area (Å²) >= 11 is 0. The van der Waals surface area contributed by atoms with E-state index in [0.717, 1.165) is 6.54 Å². The predicted molar refractivity (Wildman–Crippen MR) is 74.1 cm³/mol. The molecule has 1 aliphatic heterocycles. The molecule has 1 aromatic carbocycles. The zero-order chi connectivity index (χ0) is 14.8. The van der Waals surface area contributed by atoms with Crippen LogP contribution >= 0.6 is 0 Å². The summed E-state index contributed by atoms with van der Waals surface area (Å²) in [6, 6.07) is 5.22. The van der Waals surface area contributed by atoms with Crippen molar-refractivity contribution >= 4 is 5.97 Å². The van der Waals surface area contributed by atoms with Gasteiger partial charge in [-0.1, -0.05) is 6.07 Å². The number of aliphatic carboxylic acids is 1. The van der Waals surface area contributed by atoms with E-state index in [-0.39, 0.29) is 6.79 Å². The summed E-state index contributed by atoms with van der Waals surface area (Å²) in [6.07, 6.45) is 0. The van der Waals surface area contributed by atoms with Gasteiger partial charge < -0.3 is 19.5 Å². The van der Waals surface area contributed by atoms with E-state index in [4.69, 9.17) is 9.47 Å². The third kappa shape index (κ3) is 2.86. The van der Waals surface area contributed by atoms with Gasteiger partial charge in [0.05, 0.1) is 0 Å². The van der Waals surface area contributed by atoms with Crippen LogP contribution in [0.3, 0.4) is 0 Å². The third-order valence-electron chi connectivity index (χ3n) is 3.42. The topological polar surface area (TPSA) is 71.0 Å². The molecule has 2 N–H and O–H groups in total. The first-order valence-corrected chi connectivity index (χ1v) is 6.47. The maximum Gasteiger partial charge on any atom is 0.328 e. The number of rotatable bonds is 6. The summed E-state index contributed by atoms with van der Waals surface area (Å²) in [7, 11) is 3.89. The average molecular weight is 280 g/mol.